The van der Waals surface area contributed by atoms with Gasteiger partial charge in [0.25, 0.3) is 0 Å². The van der Waals surface area contributed by atoms with Crippen molar-refractivity contribution in [1.29, 1.82) is 0 Å². The second-order valence-electron chi connectivity index (χ2n) is 5.00. The molecule has 0 saturated heterocycles. The van der Waals surface area contributed by atoms with Crippen LogP contribution in [0.1, 0.15) is 31.2 Å². The molecule has 0 heterocycles. The summed E-state index contributed by atoms with van der Waals surface area (Å²) in [5, 5.41) is 1.53. The highest BCUT2D eigenvalue weighted by molar-refractivity contribution is 6.42. The molecule has 0 aliphatic heterocycles. The van der Waals surface area contributed by atoms with Gasteiger partial charge >= 0.3 is 0 Å². The van der Waals surface area contributed by atoms with Gasteiger partial charge in [-0.3, -0.25) is 4.90 Å². The van der Waals surface area contributed by atoms with Gasteiger partial charge < -0.3 is 0 Å². The van der Waals surface area contributed by atoms with E-state index in [2.05, 4.69) is 11.9 Å². The highest BCUT2D eigenvalue weighted by Gasteiger charge is 2.26. The third-order valence-electron chi connectivity index (χ3n) is 3.66. The van der Waals surface area contributed by atoms with E-state index in [1.807, 2.05) is 18.2 Å². The van der Waals surface area contributed by atoms with Crippen LogP contribution in [0.25, 0.3) is 0 Å². The standard InChI is InChI=1S/C14H18Cl3N/c1-18(13-8-3-2-6-11(13)15)9-10-5-4-7-12(16)14(10)17/h4-5,7,11,13H,2-3,6,8-9H2,1H3. The highest BCUT2D eigenvalue weighted by Crippen LogP contribution is 2.30. The van der Waals surface area contributed by atoms with Crippen LogP contribution in [0.2, 0.25) is 10.0 Å². The lowest BCUT2D eigenvalue weighted by atomic mass is 9.93. The first-order valence-electron chi connectivity index (χ1n) is 6.37. The minimum Gasteiger partial charge on any atom is -0.298 e. The first-order valence-corrected chi connectivity index (χ1v) is 7.56. The molecule has 0 radical (unpaired) electrons. The van der Waals surface area contributed by atoms with Crippen molar-refractivity contribution in [3.63, 3.8) is 0 Å². The third-order valence-corrected chi connectivity index (χ3v) is 5.03. The molecule has 1 aromatic rings. The van der Waals surface area contributed by atoms with E-state index in [0.29, 0.717) is 16.1 Å². The van der Waals surface area contributed by atoms with E-state index in [1.165, 1.54) is 19.3 Å². The molecule has 1 saturated carbocycles. The van der Waals surface area contributed by atoms with Gasteiger partial charge in [-0.05, 0) is 31.5 Å². The summed E-state index contributed by atoms with van der Waals surface area (Å²) >= 11 is 18.7. The van der Waals surface area contributed by atoms with Crippen LogP contribution in [0.15, 0.2) is 18.2 Å². The van der Waals surface area contributed by atoms with Gasteiger partial charge in [0.1, 0.15) is 0 Å². The smallest absolute Gasteiger partial charge is 0.0637 e. The second kappa shape index (κ2) is 6.47. The molecule has 0 aromatic heterocycles. The Bertz CT molecular complexity index is 408. The van der Waals surface area contributed by atoms with Crippen molar-refractivity contribution >= 4 is 34.8 Å². The molecule has 0 amide bonds. The number of hydrogen-bond acceptors (Lipinski definition) is 1. The lowest BCUT2D eigenvalue weighted by Gasteiger charge is -2.35. The highest BCUT2D eigenvalue weighted by atomic mass is 35.5. The van der Waals surface area contributed by atoms with E-state index in [0.717, 1.165) is 18.5 Å². The van der Waals surface area contributed by atoms with Crippen LogP contribution >= 0.6 is 34.8 Å². The Hall–Kier alpha value is 0.0500. The molecule has 2 rings (SSSR count). The fourth-order valence-corrected chi connectivity index (χ4v) is 3.47. The molecule has 0 N–H and O–H groups in total. The maximum absolute atomic E-state index is 6.41. The van der Waals surface area contributed by atoms with Crippen LogP contribution in [0, 0.1) is 0 Å². The minimum atomic E-state index is 0.252. The largest absolute Gasteiger partial charge is 0.298 e. The van der Waals surface area contributed by atoms with Crippen LogP contribution in [0.4, 0.5) is 0 Å². The van der Waals surface area contributed by atoms with Gasteiger partial charge in [-0.2, -0.15) is 0 Å². The van der Waals surface area contributed by atoms with Gasteiger partial charge in [0.05, 0.1) is 10.0 Å². The molecule has 1 fully saturated rings. The van der Waals surface area contributed by atoms with E-state index in [4.69, 9.17) is 34.8 Å². The molecule has 4 heteroatoms. The fraction of sp³-hybridized carbons (Fsp3) is 0.571. The lowest BCUT2D eigenvalue weighted by molar-refractivity contribution is 0.188. The zero-order valence-electron chi connectivity index (χ0n) is 10.5. The SMILES string of the molecule is CN(Cc1cccc(Cl)c1Cl)C1CCCCC1Cl. The van der Waals surface area contributed by atoms with Crippen molar-refractivity contribution in [2.45, 2.75) is 43.6 Å². The van der Waals surface area contributed by atoms with Crippen LogP contribution in [0.5, 0.6) is 0 Å². The number of rotatable bonds is 3. The zero-order chi connectivity index (χ0) is 13.1. The molecule has 2 unspecified atom stereocenters. The monoisotopic (exact) mass is 305 g/mol. The summed E-state index contributed by atoms with van der Waals surface area (Å²) < 4.78 is 0. The van der Waals surface area contributed by atoms with Crippen LogP contribution < -0.4 is 0 Å². The van der Waals surface area contributed by atoms with Gasteiger partial charge in [0, 0.05) is 18.0 Å². The van der Waals surface area contributed by atoms with Gasteiger partial charge in [0.2, 0.25) is 0 Å². The van der Waals surface area contributed by atoms with E-state index >= 15 is 0 Å². The lowest BCUT2D eigenvalue weighted by Crippen LogP contribution is -2.40. The van der Waals surface area contributed by atoms with Crippen molar-refractivity contribution < 1.29 is 0 Å². The van der Waals surface area contributed by atoms with Gasteiger partial charge in [-0.25, -0.2) is 0 Å². The molecule has 1 aliphatic carbocycles. The summed E-state index contributed by atoms with van der Waals surface area (Å²) in [5.41, 5.74) is 1.07. The average molecular weight is 307 g/mol. The summed E-state index contributed by atoms with van der Waals surface area (Å²) in [5.74, 6) is 0. The Labute approximate surface area is 124 Å². The van der Waals surface area contributed by atoms with Crippen molar-refractivity contribution in [2.24, 2.45) is 0 Å². The minimum absolute atomic E-state index is 0.252. The summed E-state index contributed by atoms with van der Waals surface area (Å²) in [6.07, 6.45) is 4.79. The van der Waals surface area contributed by atoms with Crippen LogP contribution in [0.3, 0.4) is 0 Å². The molecular weight excluding hydrogens is 289 g/mol. The topological polar surface area (TPSA) is 3.24 Å². The molecule has 1 nitrogen and oxygen atoms in total. The molecule has 100 valence electrons. The molecular formula is C14H18Cl3N. The van der Waals surface area contributed by atoms with Crippen molar-refractivity contribution in [3.8, 4) is 0 Å². The van der Waals surface area contributed by atoms with Crippen molar-refractivity contribution in [3.05, 3.63) is 33.8 Å². The summed E-state index contributed by atoms with van der Waals surface area (Å²) in [6, 6.07) is 6.22. The van der Waals surface area contributed by atoms with Crippen LogP contribution in [-0.2, 0) is 6.54 Å². The second-order valence-corrected chi connectivity index (χ2v) is 6.34. The maximum Gasteiger partial charge on any atom is 0.0637 e. The van der Waals surface area contributed by atoms with E-state index in [1.54, 1.807) is 0 Å². The summed E-state index contributed by atoms with van der Waals surface area (Å²) in [7, 11) is 2.11. The first-order chi connectivity index (χ1) is 8.59. The number of alkyl halides is 1. The summed E-state index contributed by atoms with van der Waals surface area (Å²) in [4.78, 5) is 2.30. The van der Waals surface area contributed by atoms with Crippen LogP contribution in [-0.4, -0.2) is 23.4 Å². The maximum atomic E-state index is 6.41. The van der Waals surface area contributed by atoms with E-state index < -0.39 is 0 Å². The molecule has 0 spiro atoms. The molecule has 1 aromatic carbocycles. The average Bonchev–Trinajstić information content (AvgIpc) is 2.35. The first kappa shape index (κ1) is 14.5. The predicted molar refractivity (Wildman–Crippen MR) is 79.8 cm³/mol. The van der Waals surface area contributed by atoms with E-state index in [-0.39, 0.29) is 5.38 Å². The molecule has 18 heavy (non-hydrogen) atoms. The van der Waals surface area contributed by atoms with Gasteiger partial charge in [-0.15, -0.1) is 11.6 Å². The molecule has 0 bridgehead atoms. The Kier molecular flexibility index (Phi) is 5.20. The fourth-order valence-electron chi connectivity index (χ4n) is 2.62. The normalized spacial score (nSPS) is 24.5. The van der Waals surface area contributed by atoms with Crippen molar-refractivity contribution in [1.82, 2.24) is 4.90 Å². The Balaban J connectivity index is 2.06. The van der Waals surface area contributed by atoms with Crippen molar-refractivity contribution in [2.75, 3.05) is 7.05 Å². The van der Waals surface area contributed by atoms with Gasteiger partial charge in [-0.1, -0.05) is 48.2 Å². The number of hydrogen-bond donors (Lipinski definition) is 0. The molecule has 1 aliphatic rings. The number of halogens is 3. The predicted octanol–water partition coefficient (Wildman–Crippen LogP) is 4.98. The van der Waals surface area contributed by atoms with Gasteiger partial charge in [0.15, 0.2) is 0 Å². The van der Waals surface area contributed by atoms with E-state index in [9.17, 15) is 0 Å². The summed E-state index contributed by atoms with van der Waals surface area (Å²) in [6.45, 7) is 0.799. The Morgan fingerprint density at radius 1 is 1.22 bits per heavy atom. The third kappa shape index (κ3) is 3.33. The Morgan fingerprint density at radius 2 is 1.94 bits per heavy atom. The quantitative estimate of drug-likeness (QED) is 0.712. The Morgan fingerprint density at radius 3 is 2.67 bits per heavy atom. The molecule has 2 atom stereocenters. The zero-order valence-corrected chi connectivity index (χ0v) is 12.8. The number of nitrogens with zero attached hydrogens (tertiary/aromatic N) is 1. The number of benzene rings is 1.